The second-order valence-electron chi connectivity index (χ2n) is 4.16. The molecule has 0 spiro atoms. The van der Waals surface area contributed by atoms with Gasteiger partial charge in [0, 0.05) is 22.9 Å². The number of rotatable bonds is 3. The van der Waals surface area contributed by atoms with Crippen LogP contribution in [0.2, 0.25) is 0 Å². The number of ketones is 1. The summed E-state index contributed by atoms with van der Waals surface area (Å²) in [6.07, 6.45) is 1.28. The lowest BCUT2D eigenvalue weighted by molar-refractivity contribution is -0.147. The molecule has 1 aliphatic heterocycles. The van der Waals surface area contributed by atoms with Crippen LogP contribution in [0, 0.1) is 0 Å². The highest BCUT2D eigenvalue weighted by Gasteiger charge is 2.27. The van der Waals surface area contributed by atoms with Crippen molar-refractivity contribution in [3.63, 3.8) is 0 Å². The van der Waals surface area contributed by atoms with Crippen LogP contribution in [-0.2, 0) is 9.59 Å². The van der Waals surface area contributed by atoms with Crippen molar-refractivity contribution >= 4 is 33.5 Å². The smallest absolute Gasteiger partial charge is 0.229 e. The van der Waals surface area contributed by atoms with E-state index in [-0.39, 0.29) is 24.1 Å². The molecule has 4 nitrogen and oxygen atoms in total. The van der Waals surface area contributed by atoms with Gasteiger partial charge < -0.3 is 0 Å². The molecule has 5 heteroatoms. The molecule has 0 saturated carbocycles. The van der Waals surface area contributed by atoms with E-state index < -0.39 is 0 Å². The van der Waals surface area contributed by atoms with Crippen molar-refractivity contribution in [1.29, 1.82) is 0 Å². The molecule has 0 aromatic heterocycles. The number of hydrogen-bond acceptors (Lipinski definition) is 3. The zero-order valence-electron chi connectivity index (χ0n) is 9.69. The summed E-state index contributed by atoms with van der Waals surface area (Å²) >= 11 is 3.28. The summed E-state index contributed by atoms with van der Waals surface area (Å²) in [6.45, 7) is -0.153. The summed E-state index contributed by atoms with van der Waals surface area (Å²) in [5, 5.41) is 0. The van der Waals surface area contributed by atoms with Crippen molar-refractivity contribution in [2.24, 2.45) is 0 Å². The van der Waals surface area contributed by atoms with Crippen molar-refractivity contribution < 1.29 is 14.4 Å². The number of piperidine rings is 1. The Labute approximate surface area is 113 Å². The fourth-order valence-corrected chi connectivity index (χ4v) is 2.11. The summed E-state index contributed by atoms with van der Waals surface area (Å²) in [7, 11) is 0. The molecule has 1 heterocycles. The van der Waals surface area contributed by atoms with Gasteiger partial charge >= 0.3 is 0 Å². The Kier molecular flexibility index (Phi) is 3.91. The van der Waals surface area contributed by atoms with E-state index in [1.165, 1.54) is 0 Å². The van der Waals surface area contributed by atoms with Gasteiger partial charge in [0.05, 0.1) is 6.54 Å². The molecular formula is C13H12BrNO3. The second kappa shape index (κ2) is 5.44. The van der Waals surface area contributed by atoms with Crippen LogP contribution in [0.1, 0.15) is 29.6 Å². The molecule has 0 atom stereocenters. The molecule has 2 amide bonds. The van der Waals surface area contributed by atoms with Crippen molar-refractivity contribution in [3.8, 4) is 0 Å². The van der Waals surface area contributed by atoms with Gasteiger partial charge in [-0.05, 0) is 18.6 Å². The van der Waals surface area contributed by atoms with E-state index in [0.717, 1.165) is 9.37 Å². The number of amides is 2. The van der Waals surface area contributed by atoms with Crippen LogP contribution in [0.25, 0.3) is 0 Å². The van der Waals surface area contributed by atoms with Gasteiger partial charge in [-0.15, -0.1) is 0 Å². The Morgan fingerprint density at radius 2 is 1.67 bits per heavy atom. The van der Waals surface area contributed by atoms with E-state index in [1.54, 1.807) is 24.3 Å². The maximum absolute atomic E-state index is 12.0. The average Bonchev–Trinajstić information content (AvgIpc) is 2.34. The van der Waals surface area contributed by atoms with Gasteiger partial charge in [0.25, 0.3) is 0 Å². The first-order chi connectivity index (χ1) is 8.58. The van der Waals surface area contributed by atoms with Crippen molar-refractivity contribution in [3.05, 3.63) is 34.3 Å². The van der Waals surface area contributed by atoms with Crippen molar-refractivity contribution in [2.75, 3.05) is 6.54 Å². The number of halogens is 1. The standard InChI is InChI=1S/C13H12BrNO3/c14-10-6-4-9(5-7-10)11(16)8-15-12(17)2-1-3-13(15)18/h4-7H,1-3,8H2. The topological polar surface area (TPSA) is 54.5 Å². The molecule has 0 radical (unpaired) electrons. The second-order valence-corrected chi connectivity index (χ2v) is 5.07. The fourth-order valence-electron chi connectivity index (χ4n) is 1.85. The number of benzene rings is 1. The maximum atomic E-state index is 12.0. The molecule has 94 valence electrons. The Morgan fingerprint density at radius 1 is 1.11 bits per heavy atom. The Morgan fingerprint density at radius 3 is 2.22 bits per heavy atom. The highest BCUT2D eigenvalue weighted by molar-refractivity contribution is 9.10. The van der Waals surface area contributed by atoms with E-state index in [2.05, 4.69) is 15.9 Å². The largest absolute Gasteiger partial charge is 0.292 e. The fraction of sp³-hybridized carbons (Fsp3) is 0.308. The summed E-state index contributed by atoms with van der Waals surface area (Å²) in [5.74, 6) is -0.723. The number of carbonyl (C=O) groups is 3. The molecule has 1 fully saturated rings. The number of imide groups is 1. The summed E-state index contributed by atoms with van der Waals surface area (Å²) in [4.78, 5) is 36.2. The van der Waals surface area contributed by atoms with E-state index >= 15 is 0 Å². The predicted molar refractivity (Wildman–Crippen MR) is 69.0 cm³/mol. The summed E-state index contributed by atoms with van der Waals surface area (Å²) < 4.78 is 0.879. The lowest BCUT2D eigenvalue weighted by Crippen LogP contribution is -2.43. The number of carbonyl (C=O) groups excluding carboxylic acids is 3. The van der Waals surface area contributed by atoms with Gasteiger partial charge in [-0.3, -0.25) is 19.3 Å². The van der Waals surface area contributed by atoms with Crippen molar-refractivity contribution in [1.82, 2.24) is 4.90 Å². The van der Waals surface area contributed by atoms with E-state index in [0.29, 0.717) is 24.8 Å². The normalized spacial score (nSPS) is 15.9. The first kappa shape index (κ1) is 13.0. The third-order valence-electron chi connectivity index (χ3n) is 2.85. The van der Waals surface area contributed by atoms with Crippen LogP contribution in [-0.4, -0.2) is 29.0 Å². The molecule has 1 saturated heterocycles. The molecule has 0 bridgehead atoms. The van der Waals surface area contributed by atoms with Gasteiger partial charge in [0.1, 0.15) is 0 Å². The zero-order valence-corrected chi connectivity index (χ0v) is 11.3. The molecule has 0 N–H and O–H groups in total. The summed E-state index contributed by atoms with van der Waals surface area (Å²) in [5.41, 5.74) is 0.504. The first-order valence-corrected chi connectivity index (χ1v) is 6.49. The van der Waals surface area contributed by atoms with Crippen molar-refractivity contribution in [2.45, 2.75) is 19.3 Å². The Balaban J connectivity index is 2.08. The highest BCUT2D eigenvalue weighted by atomic mass is 79.9. The quantitative estimate of drug-likeness (QED) is 0.635. The van der Waals surface area contributed by atoms with Crippen LogP contribution in [0.3, 0.4) is 0 Å². The minimum absolute atomic E-state index is 0.153. The van der Waals surface area contributed by atoms with Crippen LogP contribution in [0.15, 0.2) is 28.7 Å². The molecular weight excluding hydrogens is 298 g/mol. The molecule has 0 aliphatic carbocycles. The third-order valence-corrected chi connectivity index (χ3v) is 3.38. The minimum atomic E-state index is -0.253. The molecule has 1 aromatic carbocycles. The molecule has 2 rings (SSSR count). The number of likely N-dealkylation sites (tertiary alicyclic amines) is 1. The van der Waals surface area contributed by atoms with E-state index in [4.69, 9.17) is 0 Å². The first-order valence-electron chi connectivity index (χ1n) is 5.70. The number of hydrogen-bond donors (Lipinski definition) is 0. The van der Waals surface area contributed by atoms with E-state index in [9.17, 15) is 14.4 Å². The molecule has 1 aliphatic rings. The Bertz CT molecular complexity index is 479. The monoisotopic (exact) mass is 309 g/mol. The molecule has 18 heavy (non-hydrogen) atoms. The number of nitrogens with zero attached hydrogens (tertiary/aromatic N) is 1. The van der Waals surface area contributed by atoms with Gasteiger partial charge in [0.2, 0.25) is 11.8 Å². The maximum Gasteiger partial charge on any atom is 0.229 e. The van der Waals surface area contributed by atoms with Crippen LogP contribution in [0.4, 0.5) is 0 Å². The predicted octanol–water partition coefficient (Wildman–Crippen LogP) is 2.17. The van der Waals surface area contributed by atoms with Gasteiger partial charge in [-0.2, -0.15) is 0 Å². The molecule has 1 aromatic rings. The molecule has 0 unspecified atom stereocenters. The van der Waals surface area contributed by atoms with Gasteiger partial charge in [0.15, 0.2) is 5.78 Å². The lowest BCUT2D eigenvalue weighted by Gasteiger charge is -2.24. The van der Waals surface area contributed by atoms with Crippen LogP contribution >= 0.6 is 15.9 Å². The third kappa shape index (κ3) is 2.85. The SMILES string of the molecule is O=C(CN1C(=O)CCCC1=O)c1ccc(Br)cc1. The Hall–Kier alpha value is -1.49. The average molecular weight is 310 g/mol. The van der Waals surface area contributed by atoms with Gasteiger partial charge in [-0.1, -0.05) is 28.1 Å². The van der Waals surface area contributed by atoms with E-state index in [1.807, 2.05) is 0 Å². The van der Waals surface area contributed by atoms with Gasteiger partial charge in [-0.25, -0.2) is 0 Å². The summed E-state index contributed by atoms with van der Waals surface area (Å²) in [6, 6.07) is 6.86. The zero-order chi connectivity index (χ0) is 13.1. The van der Waals surface area contributed by atoms with Crippen LogP contribution in [0.5, 0.6) is 0 Å². The number of Topliss-reactive ketones (excluding diaryl/α,β-unsaturated/α-hetero) is 1. The highest BCUT2D eigenvalue weighted by Crippen LogP contribution is 2.15. The minimum Gasteiger partial charge on any atom is -0.292 e. The van der Waals surface area contributed by atoms with Crippen LogP contribution < -0.4 is 0 Å². The lowest BCUT2D eigenvalue weighted by atomic mass is 10.1.